The number of pyridine rings is 1. The zero-order valence-electron chi connectivity index (χ0n) is 13.0. The van der Waals surface area contributed by atoms with E-state index in [0.29, 0.717) is 0 Å². The van der Waals surface area contributed by atoms with Crippen LogP contribution >= 0.6 is 23.4 Å². The molecule has 2 aromatic rings. The van der Waals surface area contributed by atoms with Crippen LogP contribution in [0.15, 0.2) is 49.7 Å². The fourth-order valence-electron chi connectivity index (χ4n) is 2.06. The Morgan fingerprint density at radius 1 is 1.30 bits per heavy atom. The highest BCUT2D eigenvalue weighted by Crippen LogP contribution is 2.36. The molecule has 0 unspecified atom stereocenters. The first-order chi connectivity index (χ1) is 12.6. The van der Waals surface area contributed by atoms with Gasteiger partial charge in [-0.3, -0.25) is 15.8 Å². The number of thioether (sulfide) groups is 1. The topological polar surface area (TPSA) is 167 Å². The summed E-state index contributed by atoms with van der Waals surface area (Å²) in [6, 6.07) is 5.63. The molecule has 2 heterocycles. The first-order valence-corrected chi connectivity index (χ1v) is 11.1. The van der Waals surface area contributed by atoms with E-state index in [2.05, 4.69) is 20.2 Å². The molecule has 10 nitrogen and oxygen atoms in total. The molecule has 0 saturated carbocycles. The van der Waals surface area contributed by atoms with Gasteiger partial charge in [-0.15, -0.1) is 4.40 Å². The third kappa shape index (κ3) is 3.99. The van der Waals surface area contributed by atoms with Crippen molar-refractivity contribution in [2.75, 3.05) is 5.43 Å². The highest BCUT2D eigenvalue weighted by atomic mass is 35.5. The van der Waals surface area contributed by atoms with Gasteiger partial charge >= 0.3 is 0 Å². The predicted molar refractivity (Wildman–Crippen MR) is 99.0 cm³/mol. The molecule has 1 aromatic heterocycles. The number of halogens is 1. The van der Waals surface area contributed by atoms with Crippen LogP contribution < -0.4 is 16.0 Å². The number of amidine groups is 1. The molecular formula is C13H9ClN6O4S3. The molecule has 3 rings (SSSR count). The van der Waals surface area contributed by atoms with Crippen molar-refractivity contribution in [1.29, 1.82) is 5.26 Å². The molecule has 4 N–H and O–H groups in total. The largest absolute Gasteiger partial charge is 0.298 e. The molecular weight excluding hydrogens is 436 g/mol. The Morgan fingerprint density at radius 3 is 2.70 bits per heavy atom. The van der Waals surface area contributed by atoms with Gasteiger partial charge in [0.15, 0.2) is 5.17 Å². The third-order valence-electron chi connectivity index (χ3n) is 3.24. The van der Waals surface area contributed by atoms with Crippen LogP contribution in [0.1, 0.15) is 5.56 Å². The molecule has 0 bridgehead atoms. The van der Waals surface area contributed by atoms with Crippen molar-refractivity contribution in [2.45, 2.75) is 14.7 Å². The first kappa shape index (κ1) is 19.4. The third-order valence-corrected chi connectivity index (χ3v) is 6.99. The van der Waals surface area contributed by atoms with Crippen molar-refractivity contribution in [3.05, 3.63) is 41.2 Å². The summed E-state index contributed by atoms with van der Waals surface area (Å²) in [5.41, 5.74) is 5.13. The van der Waals surface area contributed by atoms with Crippen LogP contribution in [-0.4, -0.2) is 27.0 Å². The van der Waals surface area contributed by atoms with E-state index in [-0.39, 0.29) is 36.1 Å². The van der Waals surface area contributed by atoms with E-state index in [1.165, 1.54) is 18.3 Å². The van der Waals surface area contributed by atoms with Gasteiger partial charge in [0, 0.05) is 17.3 Å². The molecule has 0 amide bonds. The van der Waals surface area contributed by atoms with Crippen LogP contribution in [0, 0.1) is 11.3 Å². The van der Waals surface area contributed by atoms with E-state index >= 15 is 0 Å². The summed E-state index contributed by atoms with van der Waals surface area (Å²) >= 11 is 6.88. The molecule has 140 valence electrons. The summed E-state index contributed by atoms with van der Waals surface area (Å²) in [5.74, 6) is 0. The fourth-order valence-corrected chi connectivity index (χ4v) is 5.44. The van der Waals surface area contributed by atoms with Gasteiger partial charge in [0.05, 0.1) is 16.3 Å². The minimum atomic E-state index is -4.08. The summed E-state index contributed by atoms with van der Waals surface area (Å²) < 4.78 is 51.4. The summed E-state index contributed by atoms with van der Waals surface area (Å²) in [4.78, 5) is 3.52. The van der Waals surface area contributed by atoms with E-state index in [1.54, 1.807) is 6.07 Å². The van der Waals surface area contributed by atoms with Gasteiger partial charge in [0.25, 0.3) is 10.0 Å². The second-order valence-corrected chi connectivity index (χ2v) is 9.57. The Hall–Kier alpha value is -2.37. The second kappa shape index (κ2) is 6.98. The first-order valence-electron chi connectivity index (χ1n) is 6.87. The molecule has 0 radical (unpaired) electrons. The zero-order valence-corrected chi connectivity index (χ0v) is 16.2. The number of sulfonamides is 2. The van der Waals surface area contributed by atoms with Gasteiger partial charge in [-0.25, -0.2) is 13.6 Å². The molecule has 14 heteroatoms. The van der Waals surface area contributed by atoms with E-state index < -0.39 is 20.0 Å². The highest BCUT2D eigenvalue weighted by molar-refractivity contribution is 8.15. The van der Waals surface area contributed by atoms with Gasteiger partial charge in [-0.1, -0.05) is 11.6 Å². The molecule has 1 aliphatic heterocycles. The van der Waals surface area contributed by atoms with Gasteiger partial charge in [-0.2, -0.15) is 13.7 Å². The van der Waals surface area contributed by atoms with E-state index in [0.717, 1.165) is 24.0 Å². The number of rotatable bonds is 3. The quantitative estimate of drug-likeness (QED) is 0.585. The van der Waals surface area contributed by atoms with Crippen molar-refractivity contribution in [3.8, 4) is 6.07 Å². The summed E-state index contributed by atoms with van der Waals surface area (Å²) in [6.07, 6.45) is 2.37. The minimum Gasteiger partial charge on any atom is -0.298 e. The number of nitrogens with one attached hydrogen (secondary N) is 2. The maximum atomic E-state index is 12.4. The average molecular weight is 445 g/mol. The van der Waals surface area contributed by atoms with E-state index in [9.17, 15) is 16.8 Å². The average Bonchev–Trinajstić information content (AvgIpc) is 2.58. The number of anilines is 1. The fraction of sp³-hybridized carbons (Fsp3) is 0. The summed E-state index contributed by atoms with van der Waals surface area (Å²) in [5, 5.41) is 14.1. The number of hydrogen-bond donors (Lipinski definition) is 3. The number of hydrazine groups is 1. The molecule has 0 aliphatic carbocycles. The van der Waals surface area contributed by atoms with Crippen molar-refractivity contribution in [3.63, 3.8) is 0 Å². The maximum absolute atomic E-state index is 12.4. The molecule has 0 fully saturated rings. The Morgan fingerprint density at radius 2 is 2.04 bits per heavy atom. The normalized spacial score (nSPS) is 15.2. The van der Waals surface area contributed by atoms with Crippen LogP contribution in [-0.2, 0) is 20.0 Å². The van der Waals surface area contributed by atoms with Gasteiger partial charge in [0.1, 0.15) is 15.9 Å². The Kier molecular flexibility index (Phi) is 5.02. The maximum Gasteiger partial charge on any atom is 0.285 e. The van der Waals surface area contributed by atoms with Gasteiger partial charge < -0.3 is 0 Å². The smallest absolute Gasteiger partial charge is 0.285 e. The number of aromatic nitrogens is 1. The SMILES string of the molecule is N#Cc1cc2c(cc1Cl)SC(NNc1ccncc1S(N)(=O)=O)=NS2(=O)=O. The highest BCUT2D eigenvalue weighted by Gasteiger charge is 2.28. The second-order valence-electron chi connectivity index (χ2n) is 5.03. The van der Waals surface area contributed by atoms with Crippen LogP contribution in [0.5, 0.6) is 0 Å². The Bertz CT molecular complexity index is 1220. The van der Waals surface area contributed by atoms with Crippen LogP contribution in [0.3, 0.4) is 0 Å². The number of nitrogens with two attached hydrogens (primary N) is 1. The Labute approximate surface area is 163 Å². The lowest BCUT2D eigenvalue weighted by Gasteiger charge is -2.18. The number of benzene rings is 1. The van der Waals surface area contributed by atoms with Crippen LogP contribution in [0.2, 0.25) is 5.02 Å². The van der Waals surface area contributed by atoms with E-state index in [1.807, 2.05) is 0 Å². The van der Waals surface area contributed by atoms with Gasteiger partial charge in [-0.05, 0) is 30.0 Å². The molecule has 0 atom stereocenters. The van der Waals surface area contributed by atoms with Crippen LogP contribution in [0.25, 0.3) is 0 Å². The summed E-state index contributed by atoms with van der Waals surface area (Å²) in [6.45, 7) is 0. The molecule has 1 aromatic carbocycles. The van der Waals surface area contributed by atoms with Crippen molar-refractivity contribution in [2.24, 2.45) is 9.54 Å². The number of nitriles is 1. The number of primary sulfonamides is 1. The predicted octanol–water partition coefficient (Wildman–Crippen LogP) is 1.02. The lowest BCUT2D eigenvalue weighted by Crippen LogP contribution is -2.31. The Balaban J connectivity index is 1.91. The molecule has 27 heavy (non-hydrogen) atoms. The van der Waals surface area contributed by atoms with Crippen molar-refractivity contribution >= 4 is 54.3 Å². The number of hydrogen-bond acceptors (Lipinski definition) is 9. The lowest BCUT2D eigenvalue weighted by molar-refractivity contribution is 0.594. The standard InChI is InChI=1S/C13H9ClN6O4S3/c14-8-4-10-11(3-7(8)5-15)27(23,24)20-13(25-10)19-18-9-1-2-17-6-12(9)26(16,21)22/h1-4,6H,(H,17,18)(H,19,20)(H2,16,21,22). The summed E-state index contributed by atoms with van der Waals surface area (Å²) in [7, 11) is -8.13. The molecule has 0 saturated heterocycles. The lowest BCUT2D eigenvalue weighted by atomic mass is 10.2. The van der Waals surface area contributed by atoms with Crippen LogP contribution in [0.4, 0.5) is 5.69 Å². The van der Waals surface area contributed by atoms with Crippen molar-refractivity contribution in [1.82, 2.24) is 10.4 Å². The van der Waals surface area contributed by atoms with E-state index in [4.69, 9.17) is 22.0 Å². The van der Waals surface area contributed by atoms with Gasteiger partial charge in [0.2, 0.25) is 10.0 Å². The number of nitrogens with zero attached hydrogens (tertiary/aromatic N) is 3. The zero-order chi connectivity index (χ0) is 19.8. The molecule has 0 spiro atoms. The minimum absolute atomic E-state index is 0.0129. The number of fused-ring (bicyclic) bond motifs is 1. The molecule has 1 aliphatic rings. The monoisotopic (exact) mass is 444 g/mol. The van der Waals surface area contributed by atoms with Crippen molar-refractivity contribution < 1.29 is 16.8 Å².